The second-order valence-electron chi connectivity index (χ2n) is 5.82. The highest BCUT2D eigenvalue weighted by molar-refractivity contribution is 8.00. The quantitative estimate of drug-likeness (QED) is 0.799. The number of rotatable bonds is 6. The lowest BCUT2D eigenvalue weighted by Crippen LogP contribution is -2.18. The van der Waals surface area contributed by atoms with Crippen molar-refractivity contribution in [2.75, 3.05) is 24.7 Å². The summed E-state index contributed by atoms with van der Waals surface area (Å²) in [4.78, 5) is 22.6. The van der Waals surface area contributed by atoms with Crippen LogP contribution in [0.2, 0.25) is 0 Å². The zero-order chi connectivity index (χ0) is 16.6. The van der Waals surface area contributed by atoms with Crippen molar-refractivity contribution in [3.8, 4) is 0 Å². The summed E-state index contributed by atoms with van der Waals surface area (Å²) < 4.78 is 5.50. The summed E-state index contributed by atoms with van der Waals surface area (Å²) in [6, 6.07) is 0. The van der Waals surface area contributed by atoms with Gasteiger partial charge in [0.05, 0.1) is 12.0 Å². The van der Waals surface area contributed by atoms with Crippen molar-refractivity contribution in [1.29, 1.82) is 0 Å². The van der Waals surface area contributed by atoms with E-state index in [9.17, 15) is 4.79 Å². The molecule has 0 aromatic carbocycles. The van der Waals surface area contributed by atoms with Gasteiger partial charge in [0, 0.05) is 11.3 Å². The molecule has 0 bridgehead atoms. The Bertz CT molecular complexity index is 753. The SMILES string of the molecule is CCOC(=O)c1sc2nc(C)nc(NCC3(SC)CC3)c2c1C. The van der Waals surface area contributed by atoms with E-state index in [0.29, 0.717) is 22.1 Å². The van der Waals surface area contributed by atoms with Crippen molar-refractivity contribution < 1.29 is 9.53 Å². The van der Waals surface area contributed by atoms with E-state index in [0.717, 1.165) is 28.1 Å². The van der Waals surface area contributed by atoms with Crippen LogP contribution < -0.4 is 5.32 Å². The van der Waals surface area contributed by atoms with Crippen molar-refractivity contribution in [2.24, 2.45) is 0 Å². The zero-order valence-corrected chi connectivity index (χ0v) is 15.5. The number of aromatic nitrogens is 2. The van der Waals surface area contributed by atoms with Crippen molar-refractivity contribution in [3.05, 3.63) is 16.3 Å². The van der Waals surface area contributed by atoms with Gasteiger partial charge < -0.3 is 10.1 Å². The topological polar surface area (TPSA) is 64.1 Å². The lowest BCUT2D eigenvalue weighted by Gasteiger charge is -2.14. The van der Waals surface area contributed by atoms with Crippen LogP contribution in [-0.4, -0.2) is 40.1 Å². The lowest BCUT2D eigenvalue weighted by molar-refractivity contribution is 0.0531. The maximum absolute atomic E-state index is 12.1. The van der Waals surface area contributed by atoms with Crippen LogP contribution in [0.5, 0.6) is 0 Å². The van der Waals surface area contributed by atoms with Crippen LogP contribution in [-0.2, 0) is 4.74 Å². The largest absolute Gasteiger partial charge is 0.462 e. The third-order valence-electron chi connectivity index (χ3n) is 4.18. The third kappa shape index (κ3) is 3.17. The van der Waals surface area contributed by atoms with Gasteiger partial charge in [-0.2, -0.15) is 11.8 Å². The monoisotopic (exact) mass is 351 g/mol. The average molecular weight is 351 g/mol. The van der Waals surface area contributed by atoms with Crippen molar-refractivity contribution >= 4 is 45.1 Å². The standard InChI is InChI=1S/C16H21N3O2S2/c1-5-21-15(20)12-9(2)11-13(17-8-16(22-4)6-7-16)18-10(3)19-14(11)23-12/h5-8H2,1-4H3,(H,17,18,19). The van der Waals surface area contributed by atoms with E-state index in [4.69, 9.17) is 4.74 Å². The number of nitrogens with one attached hydrogen (secondary N) is 1. The molecule has 0 unspecified atom stereocenters. The van der Waals surface area contributed by atoms with Crippen molar-refractivity contribution in [1.82, 2.24) is 9.97 Å². The normalized spacial score (nSPS) is 15.7. The van der Waals surface area contributed by atoms with E-state index >= 15 is 0 Å². The van der Waals surface area contributed by atoms with E-state index in [1.165, 1.54) is 24.2 Å². The molecule has 0 spiro atoms. The van der Waals surface area contributed by atoms with Gasteiger partial charge in [0.1, 0.15) is 21.3 Å². The Hall–Kier alpha value is -1.34. The van der Waals surface area contributed by atoms with E-state index in [1.54, 1.807) is 0 Å². The zero-order valence-electron chi connectivity index (χ0n) is 13.9. The molecule has 2 heterocycles. The molecule has 1 N–H and O–H groups in total. The van der Waals surface area contributed by atoms with Crippen molar-refractivity contribution in [2.45, 2.75) is 38.4 Å². The summed E-state index contributed by atoms with van der Waals surface area (Å²) in [7, 11) is 0. The highest BCUT2D eigenvalue weighted by Gasteiger charge is 2.41. The number of carbonyl (C=O) groups is 1. The first-order valence-corrected chi connectivity index (χ1v) is 9.77. The summed E-state index contributed by atoms with van der Waals surface area (Å²) in [5.41, 5.74) is 0.903. The molecule has 0 amide bonds. The summed E-state index contributed by atoms with van der Waals surface area (Å²) in [5.74, 6) is 1.27. The molecular formula is C16H21N3O2S2. The minimum atomic E-state index is -0.278. The molecule has 0 aliphatic heterocycles. The van der Waals surface area contributed by atoms with Crippen LogP contribution in [0, 0.1) is 13.8 Å². The number of hydrogen-bond acceptors (Lipinski definition) is 7. The van der Waals surface area contributed by atoms with Gasteiger partial charge in [0.15, 0.2) is 0 Å². The molecule has 0 radical (unpaired) electrons. The summed E-state index contributed by atoms with van der Waals surface area (Å²) in [6.07, 6.45) is 4.64. The van der Waals surface area contributed by atoms with E-state index in [2.05, 4.69) is 21.5 Å². The van der Waals surface area contributed by atoms with Crippen LogP contribution in [0.15, 0.2) is 0 Å². The van der Waals surface area contributed by atoms with E-state index < -0.39 is 0 Å². The first-order chi connectivity index (χ1) is 11.0. The molecule has 1 aliphatic carbocycles. The molecule has 124 valence electrons. The smallest absolute Gasteiger partial charge is 0.348 e. The van der Waals surface area contributed by atoms with Gasteiger partial charge in [-0.05, 0) is 45.4 Å². The Morgan fingerprint density at radius 3 is 2.74 bits per heavy atom. The van der Waals surface area contributed by atoms with Gasteiger partial charge in [-0.1, -0.05) is 0 Å². The van der Waals surface area contributed by atoms with E-state index in [-0.39, 0.29) is 5.97 Å². The van der Waals surface area contributed by atoms with Crippen molar-refractivity contribution in [3.63, 3.8) is 0 Å². The second-order valence-corrected chi connectivity index (χ2v) is 8.09. The first-order valence-electron chi connectivity index (χ1n) is 7.73. The van der Waals surface area contributed by atoms with Gasteiger partial charge >= 0.3 is 5.97 Å². The summed E-state index contributed by atoms with van der Waals surface area (Å²) in [6.45, 7) is 6.90. The molecule has 0 atom stereocenters. The Morgan fingerprint density at radius 2 is 2.13 bits per heavy atom. The third-order valence-corrected chi connectivity index (χ3v) is 6.77. The fourth-order valence-corrected chi connectivity index (χ4v) is 4.45. The summed E-state index contributed by atoms with van der Waals surface area (Å²) in [5, 5.41) is 4.43. The first kappa shape index (κ1) is 16.5. The Kier molecular flexibility index (Phi) is 4.51. The fourth-order valence-electron chi connectivity index (χ4n) is 2.60. The highest BCUT2D eigenvalue weighted by Crippen LogP contribution is 2.47. The molecule has 1 saturated carbocycles. The number of esters is 1. The van der Waals surface area contributed by atoms with Gasteiger partial charge in [-0.25, -0.2) is 14.8 Å². The number of thiophene rings is 1. The maximum atomic E-state index is 12.1. The molecular weight excluding hydrogens is 330 g/mol. The number of carbonyl (C=O) groups excluding carboxylic acids is 1. The van der Waals surface area contributed by atoms with E-state index in [1.807, 2.05) is 32.5 Å². The molecule has 23 heavy (non-hydrogen) atoms. The molecule has 1 fully saturated rings. The summed E-state index contributed by atoms with van der Waals surface area (Å²) >= 11 is 3.29. The van der Waals surface area contributed by atoms with Gasteiger partial charge in [-0.3, -0.25) is 0 Å². The Morgan fingerprint density at radius 1 is 1.39 bits per heavy atom. The average Bonchev–Trinajstić information content (AvgIpc) is 3.23. The number of aryl methyl sites for hydroxylation is 2. The number of anilines is 1. The number of ether oxygens (including phenoxy) is 1. The molecule has 7 heteroatoms. The molecule has 5 nitrogen and oxygen atoms in total. The maximum Gasteiger partial charge on any atom is 0.348 e. The molecule has 1 aliphatic rings. The minimum Gasteiger partial charge on any atom is -0.462 e. The fraction of sp³-hybridized carbons (Fsp3) is 0.562. The van der Waals surface area contributed by atoms with Crippen LogP contribution >= 0.6 is 23.1 Å². The number of nitrogens with zero attached hydrogens (tertiary/aromatic N) is 2. The lowest BCUT2D eigenvalue weighted by atomic mass is 10.2. The second kappa shape index (κ2) is 6.28. The molecule has 0 saturated heterocycles. The molecule has 2 aromatic rings. The van der Waals surface area contributed by atoms with Gasteiger partial charge in [-0.15, -0.1) is 11.3 Å². The Labute approximate surface area is 144 Å². The predicted octanol–water partition coefficient (Wildman–Crippen LogP) is 3.79. The molecule has 2 aromatic heterocycles. The van der Waals surface area contributed by atoms with Gasteiger partial charge in [0.2, 0.25) is 0 Å². The highest BCUT2D eigenvalue weighted by atomic mass is 32.2. The molecule has 3 rings (SSSR count). The van der Waals surface area contributed by atoms with Crippen LogP contribution in [0.25, 0.3) is 10.2 Å². The van der Waals surface area contributed by atoms with Crippen LogP contribution in [0.3, 0.4) is 0 Å². The van der Waals surface area contributed by atoms with Crippen LogP contribution in [0.1, 0.15) is 40.8 Å². The van der Waals surface area contributed by atoms with Gasteiger partial charge in [0.25, 0.3) is 0 Å². The number of thioether (sulfide) groups is 1. The number of fused-ring (bicyclic) bond motifs is 1. The predicted molar refractivity (Wildman–Crippen MR) is 96.8 cm³/mol. The number of hydrogen-bond donors (Lipinski definition) is 1. The minimum absolute atomic E-state index is 0.278. The van der Waals surface area contributed by atoms with Crippen LogP contribution in [0.4, 0.5) is 5.82 Å². The Balaban J connectivity index is 1.98.